The molecule has 1 aromatic carbocycles. The standard InChI is InChI=1S/C14H11BrOS/c15-13-6-5-11(17-13)8-10-7-9-3-1-2-4-12(9)14(10)16/h1-6,10H,7-8H2. The van der Waals surface area contributed by atoms with Crippen molar-refractivity contribution < 1.29 is 4.79 Å². The van der Waals surface area contributed by atoms with Crippen LogP contribution in [0.3, 0.4) is 0 Å². The third kappa shape index (κ3) is 2.09. The summed E-state index contributed by atoms with van der Waals surface area (Å²) >= 11 is 5.18. The predicted octanol–water partition coefficient (Wildman–Crippen LogP) is 4.11. The third-order valence-corrected chi connectivity index (χ3v) is 4.84. The van der Waals surface area contributed by atoms with Gasteiger partial charge in [0, 0.05) is 16.4 Å². The predicted molar refractivity (Wildman–Crippen MR) is 73.7 cm³/mol. The summed E-state index contributed by atoms with van der Waals surface area (Å²) in [6.07, 6.45) is 1.76. The lowest BCUT2D eigenvalue weighted by Crippen LogP contribution is -2.11. The number of carbonyl (C=O) groups is 1. The van der Waals surface area contributed by atoms with Gasteiger partial charge in [0.25, 0.3) is 0 Å². The summed E-state index contributed by atoms with van der Waals surface area (Å²) in [5, 5.41) is 0. The Bertz CT molecular complexity index is 573. The highest BCUT2D eigenvalue weighted by Crippen LogP contribution is 2.31. The van der Waals surface area contributed by atoms with Gasteiger partial charge < -0.3 is 0 Å². The molecule has 86 valence electrons. The summed E-state index contributed by atoms with van der Waals surface area (Å²) in [5.41, 5.74) is 2.13. The van der Waals surface area contributed by atoms with Crippen LogP contribution in [0.4, 0.5) is 0 Å². The maximum absolute atomic E-state index is 12.2. The summed E-state index contributed by atoms with van der Waals surface area (Å²) < 4.78 is 1.13. The molecule has 0 aliphatic heterocycles. The first-order valence-electron chi connectivity index (χ1n) is 5.60. The largest absolute Gasteiger partial charge is 0.294 e. The van der Waals surface area contributed by atoms with E-state index in [1.54, 1.807) is 11.3 Å². The first-order valence-corrected chi connectivity index (χ1v) is 7.21. The number of Topliss-reactive ketones (excluding diaryl/α,β-unsaturated/α-hetero) is 1. The van der Waals surface area contributed by atoms with Crippen LogP contribution in [0, 0.1) is 5.92 Å². The number of thiophene rings is 1. The minimum absolute atomic E-state index is 0.137. The Hall–Kier alpha value is -0.930. The monoisotopic (exact) mass is 306 g/mol. The van der Waals surface area contributed by atoms with Gasteiger partial charge in [-0.05, 0) is 46.5 Å². The van der Waals surface area contributed by atoms with E-state index in [9.17, 15) is 4.79 Å². The lowest BCUT2D eigenvalue weighted by Gasteiger charge is -2.04. The molecule has 3 rings (SSSR count). The maximum atomic E-state index is 12.2. The molecule has 0 saturated carbocycles. The van der Waals surface area contributed by atoms with Crippen LogP contribution in [0.2, 0.25) is 0 Å². The zero-order chi connectivity index (χ0) is 11.8. The fourth-order valence-corrected chi connectivity index (χ4v) is 3.95. The number of halogens is 1. The van der Waals surface area contributed by atoms with Gasteiger partial charge in [-0.1, -0.05) is 24.3 Å². The Morgan fingerprint density at radius 2 is 2.06 bits per heavy atom. The second-order valence-electron chi connectivity index (χ2n) is 4.33. The van der Waals surface area contributed by atoms with Crippen molar-refractivity contribution in [1.29, 1.82) is 0 Å². The summed E-state index contributed by atoms with van der Waals surface area (Å²) in [5.74, 6) is 0.447. The Labute approximate surface area is 113 Å². The summed E-state index contributed by atoms with van der Waals surface area (Å²) in [7, 11) is 0. The Morgan fingerprint density at radius 1 is 1.24 bits per heavy atom. The van der Waals surface area contributed by atoms with Crippen molar-refractivity contribution in [3.63, 3.8) is 0 Å². The first-order chi connectivity index (χ1) is 8.24. The zero-order valence-electron chi connectivity index (χ0n) is 9.15. The van der Waals surface area contributed by atoms with E-state index in [0.717, 1.165) is 22.2 Å². The first kappa shape index (κ1) is 11.2. The van der Waals surface area contributed by atoms with Crippen molar-refractivity contribution in [3.8, 4) is 0 Å². The Balaban J connectivity index is 1.82. The fourth-order valence-electron chi connectivity index (χ4n) is 2.39. The van der Waals surface area contributed by atoms with Crippen molar-refractivity contribution in [2.24, 2.45) is 5.92 Å². The van der Waals surface area contributed by atoms with E-state index in [-0.39, 0.29) is 5.92 Å². The summed E-state index contributed by atoms with van der Waals surface area (Å²) in [6, 6.07) is 12.1. The van der Waals surface area contributed by atoms with Gasteiger partial charge in [0.05, 0.1) is 3.79 Å². The van der Waals surface area contributed by atoms with Crippen molar-refractivity contribution in [1.82, 2.24) is 0 Å². The smallest absolute Gasteiger partial charge is 0.166 e. The molecule has 0 amide bonds. The molecule has 1 aliphatic carbocycles. The van der Waals surface area contributed by atoms with E-state index < -0.39 is 0 Å². The number of hydrogen-bond donors (Lipinski definition) is 0. The van der Waals surface area contributed by atoms with Gasteiger partial charge in [0.1, 0.15) is 0 Å². The van der Waals surface area contributed by atoms with E-state index in [2.05, 4.69) is 28.1 Å². The molecule has 1 nitrogen and oxygen atoms in total. The second-order valence-corrected chi connectivity index (χ2v) is 6.88. The van der Waals surface area contributed by atoms with Crippen LogP contribution in [0.5, 0.6) is 0 Å². The Morgan fingerprint density at radius 3 is 2.76 bits per heavy atom. The molecule has 1 heterocycles. The summed E-state index contributed by atoms with van der Waals surface area (Å²) in [6.45, 7) is 0. The highest BCUT2D eigenvalue weighted by Gasteiger charge is 2.30. The van der Waals surface area contributed by atoms with E-state index in [1.807, 2.05) is 24.3 Å². The van der Waals surface area contributed by atoms with E-state index in [0.29, 0.717) is 5.78 Å². The van der Waals surface area contributed by atoms with Crippen molar-refractivity contribution in [2.45, 2.75) is 12.8 Å². The molecule has 0 N–H and O–H groups in total. The Kier molecular flexibility index (Phi) is 2.89. The molecule has 0 spiro atoms. The molecular formula is C14H11BrOS. The molecule has 0 radical (unpaired) electrons. The number of ketones is 1. The number of rotatable bonds is 2. The van der Waals surface area contributed by atoms with Crippen LogP contribution in [0.15, 0.2) is 40.2 Å². The van der Waals surface area contributed by atoms with Crippen LogP contribution in [0.25, 0.3) is 0 Å². The minimum atomic E-state index is 0.137. The van der Waals surface area contributed by atoms with Gasteiger partial charge in [-0.25, -0.2) is 0 Å². The average molecular weight is 307 g/mol. The van der Waals surface area contributed by atoms with Gasteiger partial charge >= 0.3 is 0 Å². The SMILES string of the molecule is O=C1c2ccccc2CC1Cc1ccc(Br)s1. The topological polar surface area (TPSA) is 17.1 Å². The van der Waals surface area contributed by atoms with Crippen LogP contribution in [0.1, 0.15) is 20.8 Å². The highest BCUT2D eigenvalue weighted by molar-refractivity contribution is 9.11. The van der Waals surface area contributed by atoms with Crippen molar-refractivity contribution in [3.05, 3.63) is 56.2 Å². The number of hydrogen-bond acceptors (Lipinski definition) is 2. The van der Waals surface area contributed by atoms with Crippen LogP contribution >= 0.6 is 27.3 Å². The average Bonchev–Trinajstić information content (AvgIpc) is 2.86. The molecule has 1 unspecified atom stereocenters. The van der Waals surface area contributed by atoms with E-state index in [1.165, 1.54) is 10.4 Å². The minimum Gasteiger partial charge on any atom is -0.294 e. The molecular weight excluding hydrogens is 296 g/mol. The van der Waals surface area contributed by atoms with Crippen LogP contribution in [-0.4, -0.2) is 5.78 Å². The fraction of sp³-hybridized carbons (Fsp3) is 0.214. The normalized spacial score (nSPS) is 18.4. The van der Waals surface area contributed by atoms with Gasteiger partial charge in [0.2, 0.25) is 0 Å². The third-order valence-electron chi connectivity index (χ3n) is 3.20. The maximum Gasteiger partial charge on any atom is 0.166 e. The van der Waals surface area contributed by atoms with E-state index in [4.69, 9.17) is 0 Å². The molecule has 1 aromatic heterocycles. The molecule has 0 saturated heterocycles. The summed E-state index contributed by atoms with van der Waals surface area (Å²) in [4.78, 5) is 13.5. The zero-order valence-corrected chi connectivity index (χ0v) is 11.6. The molecule has 1 aliphatic rings. The van der Waals surface area contributed by atoms with Crippen LogP contribution in [-0.2, 0) is 12.8 Å². The van der Waals surface area contributed by atoms with E-state index >= 15 is 0 Å². The lowest BCUT2D eigenvalue weighted by molar-refractivity contribution is 0.0937. The van der Waals surface area contributed by atoms with Gasteiger partial charge in [-0.15, -0.1) is 11.3 Å². The highest BCUT2D eigenvalue weighted by atomic mass is 79.9. The lowest BCUT2D eigenvalue weighted by atomic mass is 10.0. The number of benzene rings is 1. The molecule has 0 bridgehead atoms. The second kappa shape index (κ2) is 4.39. The number of carbonyl (C=O) groups excluding carboxylic acids is 1. The van der Waals surface area contributed by atoms with Gasteiger partial charge in [0.15, 0.2) is 5.78 Å². The molecule has 0 fully saturated rings. The van der Waals surface area contributed by atoms with Crippen molar-refractivity contribution in [2.75, 3.05) is 0 Å². The van der Waals surface area contributed by atoms with Crippen molar-refractivity contribution >= 4 is 33.0 Å². The quantitative estimate of drug-likeness (QED) is 0.816. The van der Waals surface area contributed by atoms with Gasteiger partial charge in [-0.3, -0.25) is 4.79 Å². The molecule has 17 heavy (non-hydrogen) atoms. The number of fused-ring (bicyclic) bond motifs is 1. The molecule has 3 heteroatoms. The van der Waals surface area contributed by atoms with Gasteiger partial charge in [-0.2, -0.15) is 0 Å². The van der Waals surface area contributed by atoms with Crippen LogP contribution < -0.4 is 0 Å². The molecule has 1 atom stereocenters. The molecule has 2 aromatic rings.